The molecule has 0 spiro atoms. The van der Waals surface area contributed by atoms with Crippen LogP contribution in [0.15, 0.2) is 36.5 Å². The molecule has 0 saturated carbocycles. The molecule has 0 heterocycles. The maximum atomic E-state index is 3.68. The van der Waals surface area contributed by atoms with Crippen molar-refractivity contribution in [3.05, 3.63) is 36.5 Å². The van der Waals surface area contributed by atoms with Crippen molar-refractivity contribution in [2.45, 2.75) is 0 Å². The van der Waals surface area contributed by atoms with Gasteiger partial charge >= 0.3 is 29.6 Å². The molecule has 0 aromatic carbocycles. The van der Waals surface area contributed by atoms with E-state index in [9.17, 15) is 0 Å². The fourth-order valence-corrected chi connectivity index (χ4v) is 0.414. The Kier molecular flexibility index (Phi) is 3.35. The molecule has 0 aromatic rings. The Hall–Kier alpha value is 0.220. The van der Waals surface area contributed by atoms with Gasteiger partial charge in [-0.2, -0.15) is 0 Å². The Morgan fingerprint density at radius 3 is 1.86 bits per heavy atom. The zero-order valence-corrected chi connectivity index (χ0v) is 6.52. The van der Waals surface area contributed by atoms with E-state index in [1.807, 2.05) is 24.3 Å². The average Bonchev–Trinajstić information content (AvgIpc) is 1.86. The third-order valence-electron chi connectivity index (χ3n) is 0.732. The van der Waals surface area contributed by atoms with Crippen molar-refractivity contribution < 1.29 is 31.0 Å². The van der Waals surface area contributed by atoms with E-state index in [1.165, 1.54) is 0 Å². The molecule has 0 saturated heterocycles. The summed E-state index contributed by atoms with van der Waals surface area (Å²) in [5.74, 6) is 0. The van der Waals surface area contributed by atoms with Crippen molar-refractivity contribution in [3.63, 3.8) is 0 Å². The first-order valence-corrected chi connectivity index (χ1v) is 1.93. The molecule has 1 aliphatic rings. The van der Waals surface area contributed by atoms with Crippen molar-refractivity contribution in [2.24, 2.45) is 0 Å². The molecule has 1 aliphatic carbocycles. The molecular formula is C6H7Na. The molecule has 0 amide bonds. The van der Waals surface area contributed by atoms with Gasteiger partial charge < -0.3 is 1.43 Å². The maximum Gasteiger partial charge on any atom is 1.00 e. The molecule has 0 atom stereocenters. The molecule has 0 radical (unpaired) electrons. The molecule has 0 N–H and O–H groups in total. The minimum atomic E-state index is 0. The molecule has 1 rings (SSSR count). The molecule has 32 valence electrons. The van der Waals surface area contributed by atoms with Crippen LogP contribution < -0.4 is 29.6 Å². The smallest absolute Gasteiger partial charge is 1.00 e. The largest absolute Gasteiger partial charge is 1.00 e. The summed E-state index contributed by atoms with van der Waals surface area (Å²) in [6.07, 6.45) is 7.89. The number of hydrogen-bond donors (Lipinski definition) is 0. The third-order valence-corrected chi connectivity index (χ3v) is 0.732. The van der Waals surface area contributed by atoms with Crippen LogP contribution in [0.4, 0.5) is 0 Å². The summed E-state index contributed by atoms with van der Waals surface area (Å²) in [5, 5.41) is 0. The van der Waals surface area contributed by atoms with Gasteiger partial charge in [0.1, 0.15) is 0 Å². The van der Waals surface area contributed by atoms with Crippen LogP contribution in [0.2, 0.25) is 0 Å². The summed E-state index contributed by atoms with van der Waals surface area (Å²) < 4.78 is 0. The second kappa shape index (κ2) is 3.25. The standard InChI is InChI=1S/C6H6.Na.H/c1-6-4-2-3-5-6;;/h2-5H,1H2;;/q;+1;-1. The van der Waals surface area contributed by atoms with Crippen molar-refractivity contribution >= 4 is 0 Å². The summed E-state index contributed by atoms with van der Waals surface area (Å²) in [6, 6.07) is 0. The number of allylic oxidation sites excluding steroid dienone is 5. The molecule has 0 aromatic heterocycles. The van der Waals surface area contributed by atoms with Gasteiger partial charge in [0, 0.05) is 0 Å². The molecule has 7 heavy (non-hydrogen) atoms. The van der Waals surface area contributed by atoms with E-state index in [0.717, 1.165) is 5.57 Å². The Balaban J connectivity index is 0. The first kappa shape index (κ1) is 7.22. The minimum Gasteiger partial charge on any atom is -1.00 e. The van der Waals surface area contributed by atoms with Crippen molar-refractivity contribution in [2.75, 3.05) is 0 Å². The van der Waals surface area contributed by atoms with Gasteiger partial charge in [0.2, 0.25) is 0 Å². The Morgan fingerprint density at radius 2 is 1.71 bits per heavy atom. The van der Waals surface area contributed by atoms with Crippen LogP contribution in [0.5, 0.6) is 0 Å². The van der Waals surface area contributed by atoms with Gasteiger partial charge in [-0.1, -0.05) is 30.9 Å². The second-order valence-corrected chi connectivity index (χ2v) is 1.29. The predicted octanol–water partition coefficient (Wildman–Crippen LogP) is -1.21. The van der Waals surface area contributed by atoms with E-state index in [4.69, 9.17) is 0 Å². The van der Waals surface area contributed by atoms with E-state index in [0.29, 0.717) is 0 Å². The second-order valence-electron chi connectivity index (χ2n) is 1.29. The van der Waals surface area contributed by atoms with Crippen LogP contribution >= 0.6 is 0 Å². The molecule has 0 unspecified atom stereocenters. The Morgan fingerprint density at radius 1 is 1.29 bits per heavy atom. The minimum absolute atomic E-state index is 0. The number of rotatable bonds is 0. The summed E-state index contributed by atoms with van der Waals surface area (Å²) >= 11 is 0. The molecular weight excluding hydrogens is 95.1 g/mol. The Labute approximate surface area is 67.4 Å². The molecule has 0 nitrogen and oxygen atoms in total. The zero-order chi connectivity index (χ0) is 4.41. The van der Waals surface area contributed by atoms with E-state index < -0.39 is 0 Å². The van der Waals surface area contributed by atoms with Gasteiger partial charge in [-0.05, 0) is 5.57 Å². The van der Waals surface area contributed by atoms with Gasteiger partial charge in [-0.15, -0.1) is 0 Å². The number of hydrogen-bond acceptors (Lipinski definition) is 0. The predicted molar refractivity (Wildman–Crippen MR) is 28.5 cm³/mol. The normalized spacial score (nSPS) is 14.6. The topological polar surface area (TPSA) is 0 Å². The molecule has 0 bridgehead atoms. The van der Waals surface area contributed by atoms with Gasteiger partial charge in [0.15, 0.2) is 0 Å². The summed E-state index contributed by atoms with van der Waals surface area (Å²) in [7, 11) is 0. The zero-order valence-electron chi connectivity index (χ0n) is 5.52. The summed E-state index contributed by atoms with van der Waals surface area (Å²) in [4.78, 5) is 0. The van der Waals surface area contributed by atoms with Gasteiger partial charge in [-0.25, -0.2) is 0 Å². The molecule has 0 aliphatic heterocycles. The summed E-state index contributed by atoms with van der Waals surface area (Å²) in [6.45, 7) is 3.68. The summed E-state index contributed by atoms with van der Waals surface area (Å²) in [5.41, 5.74) is 1.09. The van der Waals surface area contributed by atoms with Crippen LogP contribution in [-0.4, -0.2) is 0 Å². The SMILES string of the molecule is C=C1C=CC=C1.[H-].[Na+]. The van der Waals surface area contributed by atoms with Crippen LogP contribution in [0.1, 0.15) is 1.43 Å². The van der Waals surface area contributed by atoms with Gasteiger partial charge in [-0.3, -0.25) is 0 Å². The fraction of sp³-hybridized carbons (Fsp3) is 0. The van der Waals surface area contributed by atoms with E-state index in [1.54, 1.807) is 0 Å². The first-order chi connectivity index (χ1) is 2.89. The van der Waals surface area contributed by atoms with E-state index >= 15 is 0 Å². The monoisotopic (exact) mass is 102 g/mol. The molecule has 1 heteroatoms. The van der Waals surface area contributed by atoms with Crippen molar-refractivity contribution in [3.8, 4) is 0 Å². The van der Waals surface area contributed by atoms with Crippen LogP contribution in [0.25, 0.3) is 0 Å². The fourth-order valence-electron chi connectivity index (χ4n) is 0.414. The van der Waals surface area contributed by atoms with E-state index in [2.05, 4.69) is 6.58 Å². The van der Waals surface area contributed by atoms with Gasteiger partial charge in [0.05, 0.1) is 0 Å². The van der Waals surface area contributed by atoms with Crippen LogP contribution in [0, 0.1) is 0 Å². The average molecular weight is 102 g/mol. The Bertz CT molecular complexity index is 110. The van der Waals surface area contributed by atoms with Gasteiger partial charge in [0.25, 0.3) is 0 Å². The quantitative estimate of drug-likeness (QED) is 0.336. The van der Waals surface area contributed by atoms with Crippen molar-refractivity contribution in [1.82, 2.24) is 0 Å². The van der Waals surface area contributed by atoms with E-state index in [-0.39, 0.29) is 31.0 Å². The molecule has 0 fully saturated rings. The first-order valence-electron chi connectivity index (χ1n) is 1.93. The van der Waals surface area contributed by atoms with Crippen molar-refractivity contribution in [1.29, 1.82) is 0 Å². The maximum absolute atomic E-state index is 3.68. The van der Waals surface area contributed by atoms with Crippen LogP contribution in [-0.2, 0) is 0 Å². The van der Waals surface area contributed by atoms with Crippen LogP contribution in [0.3, 0.4) is 0 Å². The third kappa shape index (κ3) is 2.12.